The second-order valence-corrected chi connectivity index (χ2v) is 5.24. The molecule has 1 amide bonds. The first-order valence-electron chi connectivity index (χ1n) is 6.14. The Kier molecular flexibility index (Phi) is 4.49. The second kappa shape index (κ2) is 6.13. The summed E-state index contributed by atoms with van der Waals surface area (Å²) in [7, 11) is 1.72. The van der Waals surface area contributed by atoms with Crippen LogP contribution in [0.4, 0.5) is 4.39 Å². The molecule has 5 heteroatoms. The molecule has 1 atom stereocenters. The fourth-order valence-electron chi connectivity index (χ4n) is 1.88. The van der Waals surface area contributed by atoms with E-state index in [0.717, 1.165) is 5.56 Å². The third kappa shape index (κ3) is 3.04. The predicted molar refractivity (Wildman–Crippen MR) is 78.8 cm³/mol. The molecule has 0 aliphatic heterocycles. The predicted octanol–water partition coefficient (Wildman–Crippen LogP) is 3.82. The van der Waals surface area contributed by atoms with Gasteiger partial charge in [-0.25, -0.2) is 9.37 Å². The Morgan fingerprint density at radius 3 is 2.55 bits per heavy atom. The molecule has 0 bridgehead atoms. The Balaban J connectivity index is 2.22. The van der Waals surface area contributed by atoms with Crippen molar-refractivity contribution in [3.63, 3.8) is 0 Å². The van der Waals surface area contributed by atoms with Crippen LogP contribution in [0.15, 0.2) is 47.2 Å². The Labute approximate surface area is 125 Å². The molecule has 0 saturated heterocycles. The molecule has 104 valence electrons. The maximum absolute atomic E-state index is 12.9. The topological polar surface area (TPSA) is 33.2 Å². The third-order valence-corrected chi connectivity index (χ3v) is 3.88. The number of aromatic nitrogens is 1. The van der Waals surface area contributed by atoms with Gasteiger partial charge in [-0.15, -0.1) is 0 Å². The van der Waals surface area contributed by atoms with Crippen molar-refractivity contribution in [2.75, 3.05) is 7.05 Å². The molecular weight excluding hydrogens is 323 g/mol. The van der Waals surface area contributed by atoms with Crippen molar-refractivity contribution in [3.8, 4) is 0 Å². The lowest BCUT2D eigenvalue weighted by Gasteiger charge is -2.25. The summed E-state index contributed by atoms with van der Waals surface area (Å²) in [5.41, 5.74) is 1.38. The van der Waals surface area contributed by atoms with Crippen LogP contribution in [0.2, 0.25) is 0 Å². The van der Waals surface area contributed by atoms with Gasteiger partial charge < -0.3 is 4.90 Å². The Morgan fingerprint density at radius 1 is 1.30 bits per heavy atom. The lowest BCUT2D eigenvalue weighted by molar-refractivity contribution is 0.0741. The van der Waals surface area contributed by atoms with Crippen molar-refractivity contribution in [1.29, 1.82) is 0 Å². The fourth-order valence-corrected chi connectivity index (χ4v) is 2.30. The lowest BCUT2D eigenvalue weighted by Crippen LogP contribution is -2.30. The van der Waals surface area contributed by atoms with Crippen molar-refractivity contribution in [3.05, 3.63) is 64.1 Å². The zero-order chi connectivity index (χ0) is 14.7. The highest BCUT2D eigenvalue weighted by Crippen LogP contribution is 2.23. The fraction of sp³-hybridized carbons (Fsp3) is 0.200. The van der Waals surface area contributed by atoms with Crippen LogP contribution in [0, 0.1) is 5.82 Å². The maximum Gasteiger partial charge on any atom is 0.256 e. The molecule has 0 radical (unpaired) electrons. The average Bonchev–Trinajstić information content (AvgIpc) is 2.46. The van der Waals surface area contributed by atoms with Crippen molar-refractivity contribution in [1.82, 2.24) is 9.88 Å². The number of benzene rings is 1. The number of amides is 1. The molecule has 0 spiro atoms. The summed E-state index contributed by atoms with van der Waals surface area (Å²) in [6, 6.07) is 9.43. The SMILES string of the molecule is CC(c1ccc(F)cc1)N(C)C(=O)c1cccnc1Br. The number of halogens is 2. The molecular formula is C15H14BrFN2O. The molecule has 1 heterocycles. The van der Waals surface area contributed by atoms with Gasteiger partial charge in [0.1, 0.15) is 10.4 Å². The molecule has 1 unspecified atom stereocenters. The summed E-state index contributed by atoms with van der Waals surface area (Å²) in [5, 5.41) is 0. The highest BCUT2D eigenvalue weighted by atomic mass is 79.9. The molecule has 1 aromatic carbocycles. The average molecular weight is 337 g/mol. The Hall–Kier alpha value is -1.75. The molecule has 2 aromatic rings. The Bertz CT molecular complexity index is 616. The lowest BCUT2D eigenvalue weighted by atomic mass is 10.1. The quantitative estimate of drug-likeness (QED) is 0.798. The van der Waals surface area contributed by atoms with E-state index in [2.05, 4.69) is 20.9 Å². The molecule has 0 aliphatic carbocycles. The van der Waals surface area contributed by atoms with Gasteiger partial charge in [0.2, 0.25) is 0 Å². The highest BCUT2D eigenvalue weighted by molar-refractivity contribution is 9.10. The first-order chi connectivity index (χ1) is 9.50. The van der Waals surface area contributed by atoms with Gasteiger partial charge >= 0.3 is 0 Å². The standard InChI is InChI=1S/C15H14BrFN2O/c1-10(11-5-7-12(17)8-6-11)19(2)15(20)13-4-3-9-18-14(13)16/h3-10H,1-2H3. The van der Waals surface area contributed by atoms with E-state index >= 15 is 0 Å². The molecule has 0 aliphatic rings. The van der Waals surface area contributed by atoms with Crippen molar-refractivity contribution in [2.24, 2.45) is 0 Å². The van der Waals surface area contributed by atoms with Crippen LogP contribution in [0.5, 0.6) is 0 Å². The second-order valence-electron chi connectivity index (χ2n) is 4.49. The van der Waals surface area contributed by atoms with E-state index in [1.807, 2.05) is 6.92 Å². The van der Waals surface area contributed by atoms with Gasteiger partial charge in [-0.3, -0.25) is 4.79 Å². The van der Waals surface area contributed by atoms with Crippen molar-refractivity contribution in [2.45, 2.75) is 13.0 Å². The normalized spacial score (nSPS) is 12.0. The van der Waals surface area contributed by atoms with Crippen LogP contribution in [0.25, 0.3) is 0 Å². The minimum Gasteiger partial charge on any atom is -0.335 e. The van der Waals surface area contributed by atoms with Gasteiger partial charge in [0, 0.05) is 13.2 Å². The van der Waals surface area contributed by atoms with Gasteiger partial charge in [-0.1, -0.05) is 12.1 Å². The van der Waals surface area contributed by atoms with Crippen LogP contribution in [0.3, 0.4) is 0 Å². The molecule has 3 nitrogen and oxygen atoms in total. The molecule has 1 aromatic heterocycles. The van der Waals surface area contributed by atoms with Crippen LogP contribution >= 0.6 is 15.9 Å². The number of rotatable bonds is 3. The number of carbonyl (C=O) groups excluding carboxylic acids is 1. The van der Waals surface area contributed by atoms with E-state index in [0.29, 0.717) is 10.2 Å². The van der Waals surface area contributed by atoms with E-state index in [4.69, 9.17) is 0 Å². The summed E-state index contributed by atoms with van der Waals surface area (Å²) in [6.07, 6.45) is 1.62. The van der Waals surface area contributed by atoms with Gasteiger partial charge in [0.15, 0.2) is 0 Å². The van der Waals surface area contributed by atoms with E-state index < -0.39 is 0 Å². The van der Waals surface area contributed by atoms with E-state index in [1.54, 1.807) is 42.4 Å². The summed E-state index contributed by atoms with van der Waals surface area (Å²) < 4.78 is 13.4. The number of nitrogens with zero attached hydrogens (tertiary/aromatic N) is 2. The summed E-state index contributed by atoms with van der Waals surface area (Å²) in [6.45, 7) is 1.90. The van der Waals surface area contributed by atoms with Crippen LogP contribution < -0.4 is 0 Å². The zero-order valence-corrected chi connectivity index (χ0v) is 12.8. The maximum atomic E-state index is 12.9. The van der Waals surface area contributed by atoms with Crippen LogP contribution in [-0.2, 0) is 0 Å². The Morgan fingerprint density at radius 2 is 1.95 bits per heavy atom. The van der Waals surface area contributed by atoms with Crippen LogP contribution in [0.1, 0.15) is 28.9 Å². The number of pyridine rings is 1. The molecule has 0 N–H and O–H groups in total. The van der Waals surface area contributed by atoms with Crippen LogP contribution in [-0.4, -0.2) is 22.8 Å². The first-order valence-corrected chi connectivity index (χ1v) is 6.93. The smallest absolute Gasteiger partial charge is 0.256 e. The van der Waals surface area contributed by atoms with Gasteiger partial charge in [0.05, 0.1) is 11.6 Å². The molecule has 20 heavy (non-hydrogen) atoms. The van der Waals surface area contributed by atoms with Crippen molar-refractivity contribution < 1.29 is 9.18 Å². The number of hydrogen-bond donors (Lipinski definition) is 0. The van der Waals surface area contributed by atoms with E-state index in [-0.39, 0.29) is 17.8 Å². The molecule has 0 fully saturated rings. The number of hydrogen-bond acceptors (Lipinski definition) is 2. The van der Waals surface area contributed by atoms with Gasteiger partial charge in [-0.05, 0) is 52.7 Å². The summed E-state index contributed by atoms with van der Waals surface area (Å²) >= 11 is 3.27. The number of carbonyl (C=O) groups is 1. The molecule has 0 saturated carbocycles. The third-order valence-electron chi connectivity index (χ3n) is 3.24. The van der Waals surface area contributed by atoms with E-state index in [9.17, 15) is 9.18 Å². The minimum absolute atomic E-state index is 0.137. The van der Waals surface area contributed by atoms with Crippen molar-refractivity contribution >= 4 is 21.8 Å². The minimum atomic E-state index is -0.287. The summed E-state index contributed by atoms with van der Waals surface area (Å²) in [5.74, 6) is -0.424. The van der Waals surface area contributed by atoms with Gasteiger partial charge in [-0.2, -0.15) is 0 Å². The van der Waals surface area contributed by atoms with Gasteiger partial charge in [0.25, 0.3) is 5.91 Å². The first kappa shape index (κ1) is 14.7. The highest BCUT2D eigenvalue weighted by Gasteiger charge is 2.20. The zero-order valence-electron chi connectivity index (χ0n) is 11.2. The largest absolute Gasteiger partial charge is 0.335 e. The van der Waals surface area contributed by atoms with E-state index in [1.165, 1.54) is 12.1 Å². The summed E-state index contributed by atoms with van der Waals surface area (Å²) in [4.78, 5) is 18.1. The monoisotopic (exact) mass is 336 g/mol. The molecule has 2 rings (SSSR count).